The lowest BCUT2D eigenvalue weighted by Crippen LogP contribution is -2.06. The third kappa shape index (κ3) is 4.07. The summed E-state index contributed by atoms with van der Waals surface area (Å²) in [6.45, 7) is 7.05. The molecule has 8 nitrogen and oxygen atoms in total. The van der Waals surface area contributed by atoms with E-state index in [9.17, 15) is 22.2 Å². The van der Waals surface area contributed by atoms with Gasteiger partial charge in [-0.05, 0) is 18.2 Å². The van der Waals surface area contributed by atoms with E-state index in [-0.39, 0.29) is 44.9 Å². The number of nitrogens with zero attached hydrogens (tertiary/aromatic N) is 6. The van der Waals surface area contributed by atoms with Crippen LogP contribution in [0, 0.1) is 0 Å². The molecular weight excluding hydrogens is 433 g/mol. The molecule has 0 spiro atoms. The lowest BCUT2D eigenvalue weighted by molar-refractivity contribution is -0.137. The minimum Gasteiger partial charge on any atom is -0.293 e. The second kappa shape index (κ2) is 8.53. The number of alkyl halides is 3. The summed E-state index contributed by atoms with van der Waals surface area (Å²) >= 11 is 0. The van der Waals surface area contributed by atoms with Crippen molar-refractivity contribution < 1.29 is 22.2 Å². The Bertz CT molecular complexity index is 1300. The second-order valence-electron chi connectivity index (χ2n) is 6.09. The number of rotatable bonds is 4. The number of hydrogen-bond donors (Lipinski definition) is 0. The van der Waals surface area contributed by atoms with E-state index in [1.165, 1.54) is 29.8 Å². The highest BCUT2D eigenvalue weighted by atomic mass is 32.2. The maximum absolute atomic E-state index is 13.0. The Hall–Kier alpha value is -3.15. The number of ketones is 1. The molecule has 1 atom stereocenters. The number of hydrogen-bond acceptors (Lipinski definition) is 6. The molecule has 0 aliphatic carbocycles. The van der Waals surface area contributed by atoms with Crippen LogP contribution in [0.1, 0.15) is 43.7 Å². The zero-order chi connectivity index (χ0) is 22.9. The topological polar surface area (TPSA) is 94.5 Å². The fraction of sp³-hybridized carbons (Fsp3) is 0.316. The Kier molecular flexibility index (Phi) is 6.20. The smallest absolute Gasteiger partial charge is 0.293 e. The van der Waals surface area contributed by atoms with Gasteiger partial charge in [-0.1, -0.05) is 20.8 Å². The lowest BCUT2D eigenvalue weighted by Gasteiger charge is -2.05. The fourth-order valence-electron chi connectivity index (χ4n) is 2.84. The van der Waals surface area contributed by atoms with E-state index in [0.717, 1.165) is 16.8 Å². The Morgan fingerprint density at radius 2 is 1.87 bits per heavy atom. The molecule has 4 aromatic heterocycles. The van der Waals surface area contributed by atoms with Crippen LogP contribution < -0.4 is 0 Å². The summed E-state index contributed by atoms with van der Waals surface area (Å²) in [5, 5.41) is 8.51. The highest BCUT2D eigenvalue weighted by Gasteiger charge is 2.31. The summed E-state index contributed by atoms with van der Waals surface area (Å²) in [6, 6.07) is 3.56. The van der Waals surface area contributed by atoms with Gasteiger partial charge in [0, 0.05) is 25.1 Å². The molecule has 0 saturated carbocycles. The summed E-state index contributed by atoms with van der Waals surface area (Å²) in [7, 11) is -1.55. The molecule has 4 heterocycles. The molecular formula is C19H19F3N6O2S. The van der Waals surface area contributed by atoms with E-state index in [0.29, 0.717) is 0 Å². The van der Waals surface area contributed by atoms with E-state index in [1.807, 2.05) is 13.8 Å². The fourth-order valence-corrected chi connectivity index (χ4v) is 3.70. The van der Waals surface area contributed by atoms with Crippen LogP contribution in [0.15, 0.2) is 35.6 Å². The molecule has 4 aromatic rings. The predicted molar refractivity (Wildman–Crippen MR) is 108 cm³/mol. The third-order valence-corrected chi connectivity index (χ3v) is 5.45. The molecule has 0 bridgehead atoms. The zero-order valence-electron chi connectivity index (χ0n) is 17.1. The lowest BCUT2D eigenvalue weighted by atomic mass is 10.3. The summed E-state index contributed by atoms with van der Waals surface area (Å²) < 4.78 is 53.8. The molecule has 4 rings (SSSR count). The van der Waals surface area contributed by atoms with Gasteiger partial charge in [-0.3, -0.25) is 9.00 Å². The molecule has 0 aliphatic rings. The van der Waals surface area contributed by atoms with Crippen molar-refractivity contribution in [2.45, 2.75) is 38.9 Å². The quantitative estimate of drug-likeness (QED) is 0.437. The summed E-state index contributed by atoms with van der Waals surface area (Å²) in [6.07, 6.45) is -2.31. The van der Waals surface area contributed by atoms with Crippen LogP contribution in [0.3, 0.4) is 0 Å². The van der Waals surface area contributed by atoms with E-state index in [4.69, 9.17) is 0 Å². The second-order valence-corrected chi connectivity index (χ2v) is 7.74. The molecule has 0 fully saturated rings. The number of carbonyl (C=O) groups is 1. The van der Waals surface area contributed by atoms with Crippen LogP contribution in [0.25, 0.3) is 22.7 Å². The van der Waals surface area contributed by atoms with Gasteiger partial charge >= 0.3 is 6.18 Å². The number of halogens is 3. The van der Waals surface area contributed by atoms with Gasteiger partial charge in [0.1, 0.15) is 11.3 Å². The Labute approximate surface area is 177 Å². The van der Waals surface area contributed by atoms with E-state index in [1.54, 1.807) is 6.92 Å². The van der Waals surface area contributed by atoms with Gasteiger partial charge in [-0.25, -0.2) is 19.0 Å². The Balaban J connectivity index is 0.00000132. The van der Waals surface area contributed by atoms with Crippen LogP contribution in [0.5, 0.6) is 0 Å². The first-order valence-electron chi connectivity index (χ1n) is 9.41. The van der Waals surface area contributed by atoms with E-state index in [2.05, 4.69) is 20.2 Å². The molecule has 12 heteroatoms. The summed E-state index contributed by atoms with van der Waals surface area (Å²) in [4.78, 5) is 20.4. The van der Waals surface area contributed by atoms with Gasteiger partial charge in [0.15, 0.2) is 27.9 Å². The molecule has 31 heavy (non-hydrogen) atoms. The largest absolute Gasteiger partial charge is 0.417 e. The third-order valence-electron chi connectivity index (χ3n) is 4.21. The van der Waals surface area contributed by atoms with Gasteiger partial charge in [0.05, 0.1) is 16.4 Å². The Morgan fingerprint density at radius 3 is 2.48 bits per heavy atom. The standard InChI is InChI=1S/C17H13F3N6O2S.C2H6/c1-3-29(28)16-13(15-21-7-6-11(9(2)27)26(15)24-16)14-22-12-5-4-10(17(18,19)20)8-25(12)23-14;1-2/h4-8H,3H2,1-2H3;1-2H3. The van der Waals surface area contributed by atoms with Crippen molar-refractivity contribution >= 4 is 27.9 Å². The molecule has 0 aliphatic heterocycles. The average Bonchev–Trinajstić information content (AvgIpc) is 3.33. The van der Waals surface area contributed by atoms with Gasteiger partial charge < -0.3 is 0 Å². The van der Waals surface area contributed by atoms with Gasteiger partial charge in [-0.15, -0.1) is 5.10 Å². The number of pyridine rings is 1. The molecule has 164 valence electrons. The zero-order valence-corrected chi connectivity index (χ0v) is 18.0. The first kappa shape index (κ1) is 22.5. The SMILES string of the molecule is CC.CCS(=O)c1nn2c(C(C)=O)ccnc2c1-c1nc2ccc(C(F)(F)F)cn2n1. The summed E-state index contributed by atoms with van der Waals surface area (Å²) in [5.41, 5.74) is -0.0790. The normalized spacial score (nSPS) is 12.6. The van der Waals surface area contributed by atoms with Crippen LogP contribution in [0.4, 0.5) is 13.2 Å². The van der Waals surface area contributed by atoms with Crippen molar-refractivity contribution in [3.05, 3.63) is 41.9 Å². The van der Waals surface area contributed by atoms with Gasteiger partial charge in [0.2, 0.25) is 0 Å². The van der Waals surface area contributed by atoms with Gasteiger partial charge in [-0.2, -0.15) is 18.3 Å². The van der Waals surface area contributed by atoms with Gasteiger partial charge in [0.25, 0.3) is 0 Å². The Morgan fingerprint density at radius 1 is 1.16 bits per heavy atom. The molecule has 0 aromatic carbocycles. The number of carbonyl (C=O) groups excluding carboxylic acids is 1. The van der Waals surface area contributed by atoms with Crippen LogP contribution in [0.2, 0.25) is 0 Å². The van der Waals surface area contributed by atoms with E-state index < -0.39 is 22.5 Å². The predicted octanol–water partition coefficient (Wildman–Crippen LogP) is 3.81. The first-order chi connectivity index (χ1) is 14.7. The molecule has 0 N–H and O–H groups in total. The minimum absolute atomic E-state index is 0.0179. The van der Waals surface area contributed by atoms with Crippen molar-refractivity contribution in [3.63, 3.8) is 0 Å². The summed E-state index contributed by atoms with van der Waals surface area (Å²) in [5.74, 6) is -0.0277. The highest BCUT2D eigenvalue weighted by Crippen LogP contribution is 2.31. The molecule has 0 radical (unpaired) electrons. The first-order valence-corrected chi connectivity index (χ1v) is 10.7. The van der Waals surface area contributed by atoms with Crippen molar-refractivity contribution in [3.8, 4) is 11.4 Å². The van der Waals surface area contributed by atoms with Crippen molar-refractivity contribution in [1.29, 1.82) is 0 Å². The van der Waals surface area contributed by atoms with Crippen LogP contribution in [-0.2, 0) is 17.0 Å². The molecule has 0 amide bonds. The maximum Gasteiger partial charge on any atom is 0.417 e. The molecule has 1 unspecified atom stereocenters. The maximum atomic E-state index is 13.0. The van der Waals surface area contributed by atoms with Crippen molar-refractivity contribution in [2.24, 2.45) is 0 Å². The average molecular weight is 452 g/mol. The number of aromatic nitrogens is 6. The van der Waals surface area contributed by atoms with Crippen molar-refractivity contribution in [2.75, 3.05) is 5.75 Å². The van der Waals surface area contributed by atoms with Crippen LogP contribution in [-0.4, -0.2) is 44.9 Å². The van der Waals surface area contributed by atoms with E-state index >= 15 is 0 Å². The minimum atomic E-state index is -4.53. The number of fused-ring (bicyclic) bond motifs is 2. The number of Topliss-reactive ketones (excluding diaryl/α,β-unsaturated/α-hetero) is 1. The van der Waals surface area contributed by atoms with Crippen molar-refractivity contribution in [1.82, 2.24) is 29.2 Å². The highest BCUT2D eigenvalue weighted by molar-refractivity contribution is 7.85. The molecule has 0 saturated heterocycles. The monoisotopic (exact) mass is 452 g/mol. The van der Waals surface area contributed by atoms with Crippen LogP contribution >= 0.6 is 0 Å².